The molecule has 25 heavy (non-hydrogen) atoms. The Kier molecular flexibility index (Phi) is 5.49. The highest BCUT2D eigenvalue weighted by Gasteiger charge is 2.21. The fourth-order valence-corrected chi connectivity index (χ4v) is 3.25. The molecule has 0 bridgehead atoms. The van der Waals surface area contributed by atoms with Gasteiger partial charge in [-0.3, -0.25) is 9.52 Å². The summed E-state index contributed by atoms with van der Waals surface area (Å²) < 4.78 is 27.7. The number of rotatable bonds is 6. The predicted molar refractivity (Wildman–Crippen MR) is 99.0 cm³/mol. The van der Waals surface area contributed by atoms with Crippen LogP contribution in [-0.2, 0) is 10.0 Å². The quantitative estimate of drug-likeness (QED) is 0.734. The van der Waals surface area contributed by atoms with E-state index in [9.17, 15) is 13.2 Å². The van der Waals surface area contributed by atoms with Gasteiger partial charge in [0.1, 0.15) is 0 Å². The average Bonchev–Trinajstić information content (AvgIpc) is 2.54. The van der Waals surface area contributed by atoms with E-state index in [0.717, 1.165) is 5.56 Å². The molecule has 0 atom stereocenters. The van der Waals surface area contributed by atoms with Gasteiger partial charge in [0, 0.05) is 23.3 Å². The summed E-state index contributed by atoms with van der Waals surface area (Å²) in [7, 11) is -3.79. The molecular formula is C18H23N3O3S. The van der Waals surface area contributed by atoms with E-state index in [0.29, 0.717) is 5.69 Å². The van der Waals surface area contributed by atoms with Gasteiger partial charge in [-0.05, 0) is 56.7 Å². The lowest BCUT2D eigenvalue weighted by Crippen LogP contribution is -2.48. The number of nitrogens with two attached hydrogens (primary N) is 1. The fraction of sp³-hybridized carbons (Fsp3) is 0.278. The SMILES string of the molecule is Cc1cccc(NS(=O)(=O)c2cccc(C(=O)NC(C)(C)CN)c2)c1. The Hall–Kier alpha value is -2.38. The van der Waals surface area contributed by atoms with Crippen molar-refractivity contribution in [1.29, 1.82) is 0 Å². The first kappa shape index (κ1) is 19.0. The van der Waals surface area contributed by atoms with Crippen LogP contribution in [0.15, 0.2) is 53.4 Å². The Balaban J connectivity index is 2.26. The first-order valence-corrected chi connectivity index (χ1v) is 9.33. The summed E-state index contributed by atoms with van der Waals surface area (Å²) in [5.41, 5.74) is 6.70. The maximum Gasteiger partial charge on any atom is 0.261 e. The fourth-order valence-electron chi connectivity index (χ4n) is 2.16. The van der Waals surface area contributed by atoms with E-state index in [4.69, 9.17) is 5.73 Å². The molecule has 0 aliphatic rings. The van der Waals surface area contributed by atoms with Crippen molar-refractivity contribution in [3.63, 3.8) is 0 Å². The minimum atomic E-state index is -3.79. The summed E-state index contributed by atoms with van der Waals surface area (Å²) in [6.45, 7) is 5.74. The van der Waals surface area contributed by atoms with Crippen molar-refractivity contribution in [1.82, 2.24) is 5.32 Å². The molecule has 0 saturated heterocycles. The Morgan fingerprint density at radius 1 is 1.12 bits per heavy atom. The standard InChI is InChI=1S/C18H23N3O3S/c1-13-6-4-8-15(10-13)21-25(23,24)16-9-5-7-14(11-16)17(22)20-18(2,3)12-19/h4-11,21H,12,19H2,1-3H3,(H,20,22). The molecule has 4 N–H and O–H groups in total. The van der Waals surface area contributed by atoms with E-state index in [1.807, 2.05) is 13.0 Å². The van der Waals surface area contributed by atoms with E-state index in [-0.39, 0.29) is 22.9 Å². The molecule has 0 spiro atoms. The normalized spacial score (nSPS) is 11.8. The lowest BCUT2D eigenvalue weighted by molar-refractivity contribution is 0.0915. The van der Waals surface area contributed by atoms with Gasteiger partial charge in [-0.15, -0.1) is 0 Å². The third kappa shape index (κ3) is 5.04. The predicted octanol–water partition coefficient (Wildman–Crippen LogP) is 2.26. The van der Waals surface area contributed by atoms with Crippen molar-refractivity contribution in [2.45, 2.75) is 31.2 Å². The second kappa shape index (κ2) is 7.25. The highest BCUT2D eigenvalue weighted by Crippen LogP contribution is 2.18. The van der Waals surface area contributed by atoms with E-state index in [2.05, 4.69) is 10.0 Å². The van der Waals surface area contributed by atoms with Gasteiger partial charge in [0.05, 0.1) is 4.90 Å². The molecule has 1 amide bonds. The van der Waals surface area contributed by atoms with Crippen LogP contribution >= 0.6 is 0 Å². The van der Waals surface area contributed by atoms with Crippen LogP contribution in [0.3, 0.4) is 0 Å². The number of nitrogens with one attached hydrogen (secondary N) is 2. The van der Waals surface area contributed by atoms with Gasteiger partial charge >= 0.3 is 0 Å². The summed E-state index contributed by atoms with van der Waals surface area (Å²) in [4.78, 5) is 12.3. The number of hydrogen-bond donors (Lipinski definition) is 3. The monoisotopic (exact) mass is 361 g/mol. The van der Waals surface area contributed by atoms with Gasteiger partial charge in [0.25, 0.3) is 15.9 Å². The number of sulfonamides is 1. The number of benzene rings is 2. The molecule has 2 rings (SSSR count). The maximum absolute atomic E-state index is 12.6. The molecule has 0 aromatic heterocycles. The molecule has 2 aromatic carbocycles. The third-order valence-electron chi connectivity index (χ3n) is 3.64. The number of hydrogen-bond acceptors (Lipinski definition) is 4. The Bertz CT molecular complexity index is 877. The molecule has 0 fully saturated rings. The molecule has 0 heterocycles. The molecule has 6 nitrogen and oxygen atoms in total. The van der Waals surface area contributed by atoms with Crippen molar-refractivity contribution in [3.8, 4) is 0 Å². The zero-order valence-corrected chi connectivity index (χ0v) is 15.4. The lowest BCUT2D eigenvalue weighted by Gasteiger charge is -2.24. The van der Waals surface area contributed by atoms with Crippen molar-refractivity contribution in [2.24, 2.45) is 5.73 Å². The van der Waals surface area contributed by atoms with Crippen molar-refractivity contribution in [3.05, 3.63) is 59.7 Å². The Morgan fingerprint density at radius 3 is 2.44 bits per heavy atom. The summed E-state index contributed by atoms with van der Waals surface area (Å²) in [6.07, 6.45) is 0. The molecule has 2 aromatic rings. The van der Waals surface area contributed by atoms with Crippen LogP contribution in [0.5, 0.6) is 0 Å². The number of aryl methyl sites for hydroxylation is 1. The van der Waals surface area contributed by atoms with Gasteiger partial charge in [-0.2, -0.15) is 0 Å². The van der Waals surface area contributed by atoms with Gasteiger partial charge in [0.2, 0.25) is 0 Å². The van der Waals surface area contributed by atoms with Crippen molar-refractivity contribution >= 4 is 21.6 Å². The highest BCUT2D eigenvalue weighted by atomic mass is 32.2. The van der Waals surface area contributed by atoms with Crippen LogP contribution in [-0.4, -0.2) is 26.4 Å². The van der Waals surface area contributed by atoms with Crippen molar-refractivity contribution in [2.75, 3.05) is 11.3 Å². The summed E-state index contributed by atoms with van der Waals surface area (Å²) in [5.74, 6) is -0.372. The van der Waals surface area contributed by atoms with Gasteiger partial charge in [0.15, 0.2) is 0 Å². The van der Waals surface area contributed by atoms with Crippen LogP contribution in [0, 0.1) is 6.92 Å². The first-order chi connectivity index (χ1) is 11.6. The second-order valence-corrected chi connectivity index (χ2v) is 8.23. The van der Waals surface area contributed by atoms with Crippen molar-refractivity contribution < 1.29 is 13.2 Å². The van der Waals surface area contributed by atoms with Crippen LogP contribution < -0.4 is 15.8 Å². The molecular weight excluding hydrogens is 338 g/mol. The Labute approximate surface area is 148 Å². The van der Waals surface area contributed by atoms with E-state index in [1.54, 1.807) is 38.1 Å². The number of amides is 1. The largest absolute Gasteiger partial charge is 0.346 e. The van der Waals surface area contributed by atoms with Crippen LogP contribution in [0.4, 0.5) is 5.69 Å². The molecule has 0 unspecified atom stereocenters. The molecule has 0 saturated carbocycles. The van der Waals surface area contributed by atoms with E-state index < -0.39 is 15.6 Å². The molecule has 0 aliphatic carbocycles. The zero-order chi connectivity index (χ0) is 18.7. The van der Waals surface area contributed by atoms with E-state index >= 15 is 0 Å². The lowest BCUT2D eigenvalue weighted by atomic mass is 10.1. The van der Waals surface area contributed by atoms with E-state index in [1.165, 1.54) is 18.2 Å². The summed E-state index contributed by atoms with van der Waals surface area (Å²) in [5, 5.41) is 2.78. The average molecular weight is 361 g/mol. The third-order valence-corrected chi connectivity index (χ3v) is 5.02. The zero-order valence-electron chi connectivity index (χ0n) is 14.5. The summed E-state index contributed by atoms with van der Waals surface area (Å²) >= 11 is 0. The first-order valence-electron chi connectivity index (χ1n) is 7.85. The minimum Gasteiger partial charge on any atom is -0.346 e. The topological polar surface area (TPSA) is 101 Å². The number of carbonyl (C=O) groups is 1. The van der Waals surface area contributed by atoms with Gasteiger partial charge in [-0.25, -0.2) is 8.42 Å². The highest BCUT2D eigenvalue weighted by molar-refractivity contribution is 7.92. The smallest absolute Gasteiger partial charge is 0.261 e. The van der Waals surface area contributed by atoms with Gasteiger partial charge < -0.3 is 11.1 Å². The van der Waals surface area contributed by atoms with Crippen LogP contribution in [0.25, 0.3) is 0 Å². The number of carbonyl (C=O) groups excluding carboxylic acids is 1. The molecule has 0 radical (unpaired) electrons. The second-order valence-electron chi connectivity index (χ2n) is 6.54. The molecule has 0 aliphatic heterocycles. The van der Waals surface area contributed by atoms with Crippen LogP contribution in [0.1, 0.15) is 29.8 Å². The Morgan fingerprint density at radius 2 is 1.80 bits per heavy atom. The minimum absolute atomic E-state index is 0.0206. The number of anilines is 1. The summed E-state index contributed by atoms with van der Waals surface area (Å²) in [6, 6.07) is 12.9. The molecule has 134 valence electrons. The molecule has 7 heteroatoms. The van der Waals surface area contributed by atoms with Gasteiger partial charge in [-0.1, -0.05) is 18.2 Å². The maximum atomic E-state index is 12.6. The van der Waals surface area contributed by atoms with Crippen LogP contribution in [0.2, 0.25) is 0 Å².